The Hall–Kier alpha value is -1.01. The Kier molecular flexibility index (Phi) is 3.97. The zero-order valence-corrected chi connectivity index (χ0v) is 8.64. The van der Waals surface area contributed by atoms with Crippen molar-refractivity contribution in [1.82, 2.24) is 5.32 Å². The van der Waals surface area contributed by atoms with E-state index in [9.17, 15) is 4.79 Å². The second-order valence-corrected chi connectivity index (χ2v) is 3.57. The molecular weight excluding hydrogens is 178 g/mol. The molecule has 0 amide bonds. The number of nitrogens with one attached hydrogen (secondary N) is 1. The lowest BCUT2D eigenvalue weighted by atomic mass is 9.98. The van der Waals surface area contributed by atoms with Gasteiger partial charge in [-0.2, -0.15) is 0 Å². The summed E-state index contributed by atoms with van der Waals surface area (Å²) in [6.45, 7) is 2.68. The summed E-state index contributed by atoms with van der Waals surface area (Å²) in [5.74, 6) is 2.35. The van der Waals surface area contributed by atoms with Gasteiger partial charge in [-0.3, -0.25) is 10.1 Å². The molecule has 0 unspecified atom stereocenters. The molecule has 1 aliphatic rings. The molecular formula is C11H17NO2. The molecule has 0 aliphatic heterocycles. The van der Waals surface area contributed by atoms with Gasteiger partial charge in [0.2, 0.25) is 0 Å². The SMILES string of the molecule is C#CCNC1(C(=O)OCC)CCCC1. The number of esters is 1. The highest BCUT2D eigenvalue weighted by atomic mass is 16.5. The number of carbonyl (C=O) groups is 1. The van der Waals surface area contributed by atoms with Crippen molar-refractivity contribution in [2.45, 2.75) is 38.1 Å². The van der Waals surface area contributed by atoms with Gasteiger partial charge in [0.25, 0.3) is 0 Å². The molecule has 0 aromatic rings. The third-order valence-corrected chi connectivity index (χ3v) is 2.65. The van der Waals surface area contributed by atoms with Gasteiger partial charge < -0.3 is 4.74 Å². The molecule has 1 saturated carbocycles. The van der Waals surface area contributed by atoms with Gasteiger partial charge in [0, 0.05) is 0 Å². The third kappa shape index (κ3) is 2.27. The zero-order valence-electron chi connectivity index (χ0n) is 8.64. The van der Waals surface area contributed by atoms with Crippen LogP contribution in [0.15, 0.2) is 0 Å². The average Bonchev–Trinajstić information content (AvgIpc) is 2.65. The van der Waals surface area contributed by atoms with E-state index in [2.05, 4.69) is 11.2 Å². The van der Waals surface area contributed by atoms with Crippen molar-refractivity contribution >= 4 is 5.97 Å². The van der Waals surface area contributed by atoms with Gasteiger partial charge in [0.1, 0.15) is 5.54 Å². The van der Waals surface area contributed by atoms with Gasteiger partial charge in [0.15, 0.2) is 0 Å². The highest BCUT2D eigenvalue weighted by Gasteiger charge is 2.41. The van der Waals surface area contributed by atoms with Crippen molar-refractivity contribution in [3.63, 3.8) is 0 Å². The number of hydrogen-bond donors (Lipinski definition) is 1. The highest BCUT2D eigenvalue weighted by molar-refractivity contribution is 5.81. The molecule has 1 fully saturated rings. The smallest absolute Gasteiger partial charge is 0.326 e. The Morgan fingerprint density at radius 3 is 2.71 bits per heavy atom. The van der Waals surface area contributed by atoms with Crippen LogP contribution in [0.3, 0.4) is 0 Å². The first-order chi connectivity index (χ1) is 6.75. The maximum atomic E-state index is 11.7. The fourth-order valence-electron chi connectivity index (χ4n) is 1.92. The van der Waals surface area contributed by atoms with Gasteiger partial charge in [-0.25, -0.2) is 0 Å². The van der Waals surface area contributed by atoms with E-state index in [1.54, 1.807) is 0 Å². The molecule has 0 saturated heterocycles. The molecule has 14 heavy (non-hydrogen) atoms. The minimum absolute atomic E-state index is 0.146. The standard InChI is InChI=1S/C11H17NO2/c1-3-9-12-11(7-5-6-8-11)10(13)14-4-2/h1,12H,4-9H2,2H3. The van der Waals surface area contributed by atoms with Crippen molar-refractivity contribution in [3.05, 3.63) is 0 Å². The van der Waals surface area contributed by atoms with E-state index in [-0.39, 0.29) is 5.97 Å². The summed E-state index contributed by atoms with van der Waals surface area (Å²) in [6, 6.07) is 0. The topological polar surface area (TPSA) is 38.3 Å². The summed E-state index contributed by atoms with van der Waals surface area (Å²) in [4.78, 5) is 11.7. The molecule has 0 aromatic heterocycles. The largest absolute Gasteiger partial charge is 0.465 e. The van der Waals surface area contributed by atoms with Crippen LogP contribution in [0.5, 0.6) is 0 Å². The Morgan fingerprint density at radius 2 is 2.21 bits per heavy atom. The number of hydrogen-bond acceptors (Lipinski definition) is 3. The first-order valence-electron chi connectivity index (χ1n) is 5.11. The van der Waals surface area contributed by atoms with Crippen LogP contribution in [0.4, 0.5) is 0 Å². The van der Waals surface area contributed by atoms with Crippen LogP contribution in [0.1, 0.15) is 32.6 Å². The van der Waals surface area contributed by atoms with E-state index in [0.717, 1.165) is 25.7 Å². The van der Waals surface area contributed by atoms with Crippen LogP contribution in [0, 0.1) is 12.3 Å². The molecule has 1 N–H and O–H groups in total. The van der Waals surface area contributed by atoms with Crippen LogP contribution >= 0.6 is 0 Å². The van der Waals surface area contributed by atoms with Crippen molar-refractivity contribution in [1.29, 1.82) is 0 Å². The number of carbonyl (C=O) groups excluding carboxylic acids is 1. The predicted molar refractivity (Wildman–Crippen MR) is 54.7 cm³/mol. The average molecular weight is 195 g/mol. The molecule has 0 radical (unpaired) electrons. The summed E-state index contributed by atoms with van der Waals surface area (Å²) in [7, 11) is 0. The maximum absolute atomic E-state index is 11.7. The van der Waals surface area contributed by atoms with Gasteiger partial charge in [0.05, 0.1) is 13.2 Å². The van der Waals surface area contributed by atoms with Gasteiger partial charge in [-0.05, 0) is 19.8 Å². The Labute approximate surface area is 85.2 Å². The third-order valence-electron chi connectivity index (χ3n) is 2.65. The Balaban J connectivity index is 2.61. The van der Waals surface area contributed by atoms with Gasteiger partial charge in [-0.1, -0.05) is 18.8 Å². The minimum Gasteiger partial charge on any atom is -0.465 e. The van der Waals surface area contributed by atoms with Crippen LogP contribution in [-0.4, -0.2) is 24.7 Å². The van der Waals surface area contributed by atoms with Gasteiger partial charge in [-0.15, -0.1) is 6.42 Å². The lowest BCUT2D eigenvalue weighted by molar-refractivity contribution is -0.150. The second kappa shape index (κ2) is 5.02. The van der Waals surface area contributed by atoms with E-state index in [4.69, 9.17) is 11.2 Å². The minimum atomic E-state index is -0.498. The molecule has 0 bridgehead atoms. The molecule has 3 heteroatoms. The van der Waals surface area contributed by atoms with Crippen molar-refractivity contribution < 1.29 is 9.53 Å². The second-order valence-electron chi connectivity index (χ2n) is 3.57. The summed E-state index contributed by atoms with van der Waals surface area (Å²) in [5, 5.41) is 3.12. The van der Waals surface area contributed by atoms with E-state index in [0.29, 0.717) is 13.2 Å². The lowest BCUT2D eigenvalue weighted by Gasteiger charge is -2.26. The van der Waals surface area contributed by atoms with E-state index < -0.39 is 5.54 Å². The quantitative estimate of drug-likeness (QED) is 0.539. The van der Waals surface area contributed by atoms with E-state index >= 15 is 0 Å². The maximum Gasteiger partial charge on any atom is 0.326 e. The summed E-state index contributed by atoms with van der Waals surface area (Å²) >= 11 is 0. The van der Waals surface area contributed by atoms with Crippen LogP contribution in [0.25, 0.3) is 0 Å². The fraction of sp³-hybridized carbons (Fsp3) is 0.727. The molecule has 1 aliphatic carbocycles. The van der Waals surface area contributed by atoms with Crippen LogP contribution in [0.2, 0.25) is 0 Å². The Morgan fingerprint density at radius 1 is 1.57 bits per heavy atom. The van der Waals surface area contributed by atoms with Crippen molar-refractivity contribution in [2.75, 3.05) is 13.2 Å². The first-order valence-corrected chi connectivity index (χ1v) is 5.11. The number of terminal acetylenes is 1. The van der Waals surface area contributed by atoms with E-state index in [1.807, 2.05) is 6.92 Å². The monoisotopic (exact) mass is 195 g/mol. The normalized spacial score (nSPS) is 18.9. The predicted octanol–water partition coefficient (Wildman–Crippen LogP) is 1.09. The number of rotatable bonds is 4. The summed E-state index contributed by atoms with van der Waals surface area (Å²) < 4.78 is 5.06. The molecule has 0 heterocycles. The zero-order chi connectivity index (χ0) is 10.4. The molecule has 0 spiro atoms. The molecule has 0 atom stereocenters. The molecule has 1 rings (SSSR count). The first kappa shape index (κ1) is 11.1. The van der Waals surface area contributed by atoms with E-state index in [1.165, 1.54) is 0 Å². The Bertz CT molecular complexity index is 236. The van der Waals surface area contributed by atoms with Crippen LogP contribution < -0.4 is 5.32 Å². The van der Waals surface area contributed by atoms with Crippen molar-refractivity contribution in [2.24, 2.45) is 0 Å². The van der Waals surface area contributed by atoms with Crippen LogP contribution in [-0.2, 0) is 9.53 Å². The summed E-state index contributed by atoms with van der Waals surface area (Å²) in [5.41, 5.74) is -0.498. The van der Waals surface area contributed by atoms with Crippen molar-refractivity contribution in [3.8, 4) is 12.3 Å². The highest BCUT2D eigenvalue weighted by Crippen LogP contribution is 2.30. The molecule has 78 valence electrons. The fourth-order valence-corrected chi connectivity index (χ4v) is 1.92. The number of ether oxygens (including phenoxy) is 1. The lowest BCUT2D eigenvalue weighted by Crippen LogP contribution is -2.50. The molecule has 3 nitrogen and oxygen atoms in total. The summed E-state index contributed by atoms with van der Waals surface area (Å²) in [6.07, 6.45) is 8.99. The molecule has 0 aromatic carbocycles. The van der Waals surface area contributed by atoms with Gasteiger partial charge >= 0.3 is 5.97 Å².